The molecule has 5 aromatic rings. The molecule has 8 nitrogen and oxygen atoms in total. The van der Waals surface area contributed by atoms with Crippen LogP contribution in [-0.4, -0.2) is 53.2 Å². The van der Waals surface area contributed by atoms with Gasteiger partial charge in [-0.25, -0.2) is 14.8 Å². The van der Waals surface area contributed by atoms with E-state index in [9.17, 15) is 4.79 Å². The third kappa shape index (κ3) is 5.87. The average molecular weight is 540 g/mol. The number of rotatable bonds is 7. The van der Waals surface area contributed by atoms with Gasteiger partial charge in [-0.15, -0.1) is 0 Å². The number of unbranched alkanes of at least 4 members (excludes halogenated alkanes) is 1. The SMILES string of the molecule is CCCC.Cc1ccc2ncn(-c3ncc4c(n3)n(Cc3ccccc3C)c(=O)n4CCN3CCCCC3)c2c1. The van der Waals surface area contributed by atoms with Crippen LogP contribution in [-0.2, 0) is 13.1 Å². The molecule has 4 heterocycles. The summed E-state index contributed by atoms with van der Waals surface area (Å²) >= 11 is 0. The summed E-state index contributed by atoms with van der Waals surface area (Å²) in [4.78, 5) is 30.4. The molecule has 8 heteroatoms. The van der Waals surface area contributed by atoms with E-state index < -0.39 is 0 Å². The number of aryl methyl sites for hydroxylation is 2. The largest absolute Gasteiger partial charge is 0.330 e. The first-order valence-electron chi connectivity index (χ1n) is 14.7. The molecule has 1 aliphatic rings. The Bertz CT molecular complexity index is 1640. The minimum Gasteiger partial charge on any atom is -0.302 e. The van der Waals surface area contributed by atoms with Gasteiger partial charge in [0, 0.05) is 13.1 Å². The average Bonchev–Trinajstić information content (AvgIpc) is 3.51. The molecule has 0 spiro atoms. The number of hydrogen-bond donors (Lipinski definition) is 0. The van der Waals surface area contributed by atoms with Crippen LogP contribution in [0.25, 0.3) is 28.1 Å². The molecule has 1 aliphatic heterocycles. The number of aromatic nitrogens is 6. The van der Waals surface area contributed by atoms with E-state index in [1.54, 1.807) is 17.1 Å². The lowest BCUT2D eigenvalue weighted by molar-refractivity contribution is 0.220. The van der Waals surface area contributed by atoms with Crippen LogP contribution in [0.15, 0.2) is 59.8 Å². The minimum atomic E-state index is -0.0388. The van der Waals surface area contributed by atoms with Crippen molar-refractivity contribution in [1.82, 2.24) is 33.6 Å². The zero-order chi connectivity index (χ0) is 28.1. The van der Waals surface area contributed by atoms with Crippen molar-refractivity contribution in [2.75, 3.05) is 19.6 Å². The zero-order valence-corrected chi connectivity index (χ0v) is 24.3. The molecule has 0 radical (unpaired) electrons. The third-order valence-electron chi connectivity index (χ3n) is 7.84. The van der Waals surface area contributed by atoms with Gasteiger partial charge in [0.2, 0.25) is 5.95 Å². The van der Waals surface area contributed by atoms with Crippen molar-refractivity contribution in [1.29, 1.82) is 0 Å². The summed E-state index contributed by atoms with van der Waals surface area (Å²) in [5.74, 6) is 0.516. The molecule has 0 unspecified atom stereocenters. The predicted octanol–water partition coefficient (Wildman–Crippen LogP) is 5.89. The fraction of sp³-hybridized carbons (Fsp3) is 0.438. The molecule has 1 fully saturated rings. The molecule has 3 aromatic heterocycles. The second kappa shape index (κ2) is 12.6. The molecule has 1 saturated heterocycles. The molecule has 6 rings (SSSR count). The van der Waals surface area contributed by atoms with Gasteiger partial charge in [-0.3, -0.25) is 13.7 Å². The number of fused-ring (bicyclic) bond motifs is 2. The molecular formula is C32H41N7O. The molecule has 0 aliphatic carbocycles. The Morgan fingerprint density at radius 2 is 1.62 bits per heavy atom. The first-order chi connectivity index (χ1) is 19.5. The maximum absolute atomic E-state index is 13.8. The van der Waals surface area contributed by atoms with Crippen LogP contribution in [0, 0.1) is 13.8 Å². The summed E-state index contributed by atoms with van der Waals surface area (Å²) in [6, 6.07) is 14.3. The van der Waals surface area contributed by atoms with Crippen LogP contribution in [0.1, 0.15) is 62.6 Å². The maximum atomic E-state index is 13.8. The number of hydrogen-bond acceptors (Lipinski definition) is 5. The highest BCUT2D eigenvalue weighted by molar-refractivity contribution is 5.78. The predicted molar refractivity (Wildman–Crippen MR) is 162 cm³/mol. The van der Waals surface area contributed by atoms with Crippen molar-refractivity contribution >= 4 is 22.2 Å². The lowest BCUT2D eigenvalue weighted by atomic mass is 10.1. The molecule has 0 N–H and O–H groups in total. The molecule has 0 saturated carbocycles. The third-order valence-corrected chi connectivity index (χ3v) is 7.84. The van der Waals surface area contributed by atoms with Gasteiger partial charge in [0.05, 0.1) is 23.8 Å². The summed E-state index contributed by atoms with van der Waals surface area (Å²) in [5, 5.41) is 0. The number of likely N-dealkylation sites (tertiary alicyclic amines) is 1. The zero-order valence-electron chi connectivity index (χ0n) is 24.3. The van der Waals surface area contributed by atoms with Crippen LogP contribution < -0.4 is 5.69 Å². The topological polar surface area (TPSA) is 73.8 Å². The molecule has 0 amide bonds. The highest BCUT2D eigenvalue weighted by atomic mass is 16.1. The molecule has 40 heavy (non-hydrogen) atoms. The van der Waals surface area contributed by atoms with Crippen molar-refractivity contribution < 1.29 is 0 Å². The first-order valence-corrected chi connectivity index (χ1v) is 14.7. The van der Waals surface area contributed by atoms with E-state index in [-0.39, 0.29) is 5.69 Å². The van der Waals surface area contributed by atoms with Gasteiger partial charge in [-0.2, -0.15) is 4.98 Å². The Labute approximate surface area is 236 Å². The standard InChI is InChI=1S/C28H31N7O.C4H10/c1-20-10-11-23-24(16-20)35(19-30-23)27-29-17-25-26(31-27)34(18-22-9-5-4-8-21(22)2)28(36)33(25)15-14-32-12-6-3-7-13-32;1-3-4-2/h4-5,8-11,16-17,19H,3,6-7,12-15,18H2,1-2H3;3-4H2,1-2H3. The van der Waals surface area contributed by atoms with E-state index in [0.717, 1.165) is 52.9 Å². The van der Waals surface area contributed by atoms with Crippen molar-refractivity contribution in [3.8, 4) is 5.95 Å². The van der Waals surface area contributed by atoms with Crippen LogP contribution >= 0.6 is 0 Å². The van der Waals surface area contributed by atoms with Crippen molar-refractivity contribution in [2.45, 2.75) is 72.9 Å². The Hall–Kier alpha value is -3.78. The minimum absolute atomic E-state index is 0.0388. The smallest absolute Gasteiger partial charge is 0.302 e. The van der Waals surface area contributed by atoms with Gasteiger partial charge in [0.1, 0.15) is 11.8 Å². The molecule has 2 aromatic carbocycles. The van der Waals surface area contributed by atoms with Crippen LogP contribution in [0.5, 0.6) is 0 Å². The molecule has 0 bridgehead atoms. The monoisotopic (exact) mass is 539 g/mol. The highest BCUT2D eigenvalue weighted by Gasteiger charge is 2.19. The van der Waals surface area contributed by atoms with E-state index in [4.69, 9.17) is 4.98 Å². The molecule has 210 valence electrons. The lowest BCUT2D eigenvalue weighted by Gasteiger charge is -2.26. The van der Waals surface area contributed by atoms with Gasteiger partial charge in [0.25, 0.3) is 0 Å². The number of nitrogens with zero attached hydrogens (tertiary/aromatic N) is 7. The number of imidazole rings is 2. The Morgan fingerprint density at radius 1 is 0.850 bits per heavy atom. The molecular weight excluding hydrogens is 498 g/mol. The van der Waals surface area contributed by atoms with Crippen molar-refractivity contribution in [3.63, 3.8) is 0 Å². The van der Waals surface area contributed by atoms with E-state index >= 15 is 0 Å². The Morgan fingerprint density at radius 3 is 2.38 bits per heavy atom. The summed E-state index contributed by atoms with van der Waals surface area (Å²) < 4.78 is 5.54. The van der Waals surface area contributed by atoms with E-state index in [2.05, 4.69) is 60.8 Å². The van der Waals surface area contributed by atoms with Crippen LogP contribution in [0.4, 0.5) is 0 Å². The number of benzene rings is 2. The van der Waals surface area contributed by atoms with Gasteiger partial charge >= 0.3 is 5.69 Å². The van der Waals surface area contributed by atoms with Crippen molar-refractivity contribution in [2.24, 2.45) is 0 Å². The summed E-state index contributed by atoms with van der Waals surface area (Å²) in [6.07, 6.45) is 9.95. The second-order valence-corrected chi connectivity index (χ2v) is 10.8. The van der Waals surface area contributed by atoms with Crippen LogP contribution in [0.2, 0.25) is 0 Å². The van der Waals surface area contributed by atoms with Gasteiger partial charge in [-0.05, 0) is 68.6 Å². The molecule has 0 atom stereocenters. The van der Waals surface area contributed by atoms with E-state index in [1.807, 2.05) is 33.4 Å². The lowest BCUT2D eigenvalue weighted by Crippen LogP contribution is -2.35. The van der Waals surface area contributed by atoms with Gasteiger partial charge < -0.3 is 4.90 Å². The van der Waals surface area contributed by atoms with Gasteiger partial charge in [-0.1, -0.05) is 63.4 Å². The fourth-order valence-electron chi connectivity index (χ4n) is 5.22. The fourth-order valence-corrected chi connectivity index (χ4v) is 5.22. The van der Waals surface area contributed by atoms with E-state index in [1.165, 1.54) is 32.1 Å². The first kappa shape index (κ1) is 27.8. The summed E-state index contributed by atoms with van der Waals surface area (Å²) in [5.41, 5.74) is 6.64. The summed E-state index contributed by atoms with van der Waals surface area (Å²) in [7, 11) is 0. The quantitative estimate of drug-likeness (QED) is 0.258. The summed E-state index contributed by atoms with van der Waals surface area (Å²) in [6.45, 7) is 12.7. The second-order valence-electron chi connectivity index (χ2n) is 10.8. The Balaban J connectivity index is 0.000000758. The van der Waals surface area contributed by atoms with E-state index in [0.29, 0.717) is 24.7 Å². The normalized spacial score (nSPS) is 14.0. The maximum Gasteiger partial charge on any atom is 0.330 e. The van der Waals surface area contributed by atoms with Crippen LogP contribution in [0.3, 0.4) is 0 Å². The highest BCUT2D eigenvalue weighted by Crippen LogP contribution is 2.20. The van der Waals surface area contributed by atoms with Crippen molar-refractivity contribution in [3.05, 3.63) is 82.2 Å². The number of piperidine rings is 1. The van der Waals surface area contributed by atoms with Gasteiger partial charge in [0.15, 0.2) is 5.65 Å². The Kier molecular flexibility index (Phi) is 8.75.